The fourth-order valence-corrected chi connectivity index (χ4v) is 6.32. The molecule has 1 amide bonds. The maximum Gasteiger partial charge on any atom is 0.240 e. The van der Waals surface area contributed by atoms with Crippen LogP contribution in [0.15, 0.2) is 34.3 Å². The van der Waals surface area contributed by atoms with E-state index in [0.717, 1.165) is 23.7 Å². The van der Waals surface area contributed by atoms with Crippen LogP contribution < -0.4 is 10.0 Å². The number of thioether (sulfide) groups is 1. The third kappa shape index (κ3) is 5.94. The molecule has 2 aromatic rings. The van der Waals surface area contributed by atoms with E-state index in [2.05, 4.69) is 21.5 Å². The van der Waals surface area contributed by atoms with Crippen molar-refractivity contribution in [2.24, 2.45) is 0 Å². The number of anilines is 1. The van der Waals surface area contributed by atoms with E-state index >= 15 is 0 Å². The van der Waals surface area contributed by atoms with E-state index in [1.807, 2.05) is 13.8 Å². The number of carbonyl (C=O) groups excluding carboxylic acids is 1. The van der Waals surface area contributed by atoms with Gasteiger partial charge in [0.15, 0.2) is 5.16 Å². The first-order chi connectivity index (χ1) is 15.1. The summed E-state index contributed by atoms with van der Waals surface area (Å²) in [6.45, 7) is 9.54. The number of benzene rings is 1. The van der Waals surface area contributed by atoms with Crippen molar-refractivity contribution in [1.82, 2.24) is 14.3 Å². The average molecular weight is 479 g/mol. The molecule has 1 aromatic carbocycles. The Balaban J connectivity index is 1.68. The lowest BCUT2D eigenvalue weighted by Crippen LogP contribution is -2.30. The van der Waals surface area contributed by atoms with Crippen molar-refractivity contribution in [2.45, 2.75) is 94.1 Å². The standard InChI is InChI=1S/C23H34N4O3S2/c1-15(2)26-32(29,30)21-13-11-19(12-14-21)25-22(28)18(5)31-23-24-16(3)17(4)27(23)20-9-7-6-8-10-20/h11-15,18,20,26H,6-10H2,1-5H3,(H,25,28). The molecule has 1 aliphatic rings. The second kappa shape index (κ2) is 10.4. The highest BCUT2D eigenvalue weighted by Gasteiger charge is 2.25. The van der Waals surface area contributed by atoms with Gasteiger partial charge < -0.3 is 9.88 Å². The number of imidazole rings is 1. The maximum atomic E-state index is 12.8. The normalized spacial score (nSPS) is 16.3. The number of rotatable bonds is 8. The number of carbonyl (C=O) groups is 1. The van der Waals surface area contributed by atoms with E-state index in [9.17, 15) is 13.2 Å². The lowest BCUT2D eigenvalue weighted by atomic mass is 9.95. The van der Waals surface area contributed by atoms with Gasteiger partial charge in [-0.15, -0.1) is 0 Å². The van der Waals surface area contributed by atoms with Crippen molar-refractivity contribution < 1.29 is 13.2 Å². The van der Waals surface area contributed by atoms with E-state index in [-0.39, 0.29) is 22.1 Å². The molecule has 176 valence electrons. The van der Waals surface area contributed by atoms with Gasteiger partial charge in [0, 0.05) is 23.5 Å². The van der Waals surface area contributed by atoms with E-state index in [0.29, 0.717) is 11.7 Å². The summed E-state index contributed by atoms with van der Waals surface area (Å²) in [6, 6.07) is 6.49. The van der Waals surface area contributed by atoms with Crippen molar-refractivity contribution in [1.29, 1.82) is 0 Å². The summed E-state index contributed by atoms with van der Waals surface area (Å²) in [6.07, 6.45) is 6.08. The monoisotopic (exact) mass is 478 g/mol. The van der Waals surface area contributed by atoms with Crippen LogP contribution >= 0.6 is 11.8 Å². The third-order valence-electron chi connectivity index (χ3n) is 5.77. The van der Waals surface area contributed by atoms with Crippen molar-refractivity contribution >= 4 is 33.4 Å². The van der Waals surface area contributed by atoms with Crippen molar-refractivity contribution in [3.8, 4) is 0 Å². The first-order valence-corrected chi connectivity index (χ1v) is 13.6. The molecule has 3 rings (SSSR count). The summed E-state index contributed by atoms with van der Waals surface area (Å²) in [5, 5.41) is 3.45. The second-order valence-electron chi connectivity index (χ2n) is 8.78. The van der Waals surface area contributed by atoms with Crippen LogP contribution in [0, 0.1) is 13.8 Å². The Bertz CT molecular complexity index is 1040. The van der Waals surface area contributed by atoms with Crippen molar-refractivity contribution in [2.75, 3.05) is 5.32 Å². The van der Waals surface area contributed by atoms with E-state index in [4.69, 9.17) is 4.98 Å². The predicted octanol–water partition coefficient (Wildman–Crippen LogP) is 4.81. The van der Waals surface area contributed by atoms with E-state index in [1.165, 1.54) is 48.9 Å². The Morgan fingerprint density at radius 3 is 2.31 bits per heavy atom. The van der Waals surface area contributed by atoms with E-state index in [1.54, 1.807) is 26.0 Å². The number of aromatic nitrogens is 2. The number of nitrogens with one attached hydrogen (secondary N) is 2. The number of sulfonamides is 1. The molecule has 1 unspecified atom stereocenters. The largest absolute Gasteiger partial charge is 0.325 e. The number of amides is 1. The van der Waals surface area contributed by atoms with Gasteiger partial charge in [-0.3, -0.25) is 4.79 Å². The Morgan fingerprint density at radius 1 is 1.09 bits per heavy atom. The summed E-state index contributed by atoms with van der Waals surface area (Å²) in [4.78, 5) is 17.7. The van der Waals surface area contributed by atoms with Crippen molar-refractivity contribution in [3.05, 3.63) is 35.7 Å². The van der Waals surface area contributed by atoms with Gasteiger partial charge in [-0.05, 0) is 71.7 Å². The summed E-state index contributed by atoms with van der Waals surface area (Å²) < 4.78 is 29.4. The third-order valence-corrected chi connectivity index (χ3v) is 8.51. The lowest BCUT2D eigenvalue weighted by Gasteiger charge is -2.26. The number of hydrogen-bond donors (Lipinski definition) is 2. The molecule has 1 saturated carbocycles. The molecule has 0 saturated heterocycles. The predicted molar refractivity (Wildman–Crippen MR) is 130 cm³/mol. The Hall–Kier alpha value is -1.84. The molecule has 1 heterocycles. The lowest BCUT2D eigenvalue weighted by molar-refractivity contribution is -0.115. The molecule has 1 atom stereocenters. The van der Waals surface area contributed by atoms with Crippen LogP contribution in [0.2, 0.25) is 0 Å². The summed E-state index contributed by atoms with van der Waals surface area (Å²) in [5.74, 6) is -0.139. The SMILES string of the molecule is Cc1nc(SC(C)C(=O)Nc2ccc(S(=O)(=O)NC(C)C)cc2)n(C2CCCCC2)c1C. The molecule has 1 aliphatic carbocycles. The van der Waals surface area contributed by atoms with Gasteiger partial charge in [0.2, 0.25) is 15.9 Å². The molecule has 0 bridgehead atoms. The summed E-state index contributed by atoms with van der Waals surface area (Å²) in [7, 11) is -3.56. The number of nitrogens with zero attached hydrogens (tertiary/aromatic N) is 2. The van der Waals surface area contributed by atoms with Crippen LogP contribution in [-0.4, -0.2) is 35.2 Å². The van der Waals surface area contributed by atoms with Crippen LogP contribution in [-0.2, 0) is 14.8 Å². The highest BCUT2D eigenvalue weighted by Crippen LogP contribution is 2.35. The van der Waals surface area contributed by atoms with Crippen LogP contribution in [0.3, 0.4) is 0 Å². The van der Waals surface area contributed by atoms with Gasteiger partial charge in [0.05, 0.1) is 15.8 Å². The number of hydrogen-bond acceptors (Lipinski definition) is 5. The molecule has 1 aromatic heterocycles. The quantitative estimate of drug-likeness (QED) is 0.531. The van der Waals surface area contributed by atoms with Crippen LogP contribution in [0.4, 0.5) is 5.69 Å². The zero-order valence-electron chi connectivity index (χ0n) is 19.5. The maximum absolute atomic E-state index is 12.8. The van der Waals surface area contributed by atoms with Crippen LogP contribution in [0.5, 0.6) is 0 Å². The van der Waals surface area contributed by atoms with Gasteiger partial charge in [-0.2, -0.15) is 0 Å². The van der Waals surface area contributed by atoms with E-state index < -0.39 is 10.0 Å². The Morgan fingerprint density at radius 2 is 1.72 bits per heavy atom. The smallest absolute Gasteiger partial charge is 0.240 e. The molecule has 7 nitrogen and oxygen atoms in total. The molecular weight excluding hydrogens is 444 g/mol. The fraction of sp³-hybridized carbons (Fsp3) is 0.565. The van der Waals surface area contributed by atoms with Crippen molar-refractivity contribution in [3.63, 3.8) is 0 Å². The minimum atomic E-state index is -3.56. The van der Waals surface area contributed by atoms with Gasteiger partial charge in [-0.25, -0.2) is 18.1 Å². The topological polar surface area (TPSA) is 93.1 Å². The van der Waals surface area contributed by atoms with Crippen LogP contribution in [0.1, 0.15) is 70.3 Å². The molecule has 0 spiro atoms. The molecule has 32 heavy (non-hydrogen) atoms. The Labute approximate surface area is 195 Å². The van der Waals surface area contributed by atoms with Crippen LogP contribution in [0.25, 0.3) is 0 Å². The molecule has 2 N–H and O–H groups in total. The fourth-order valence-electron chi connectivity index (χ4n) is 4.00. The zero-order valence-corrected chi connectivity index (χ0v) is 21.1. The molecule has 0 aliphatic heterocycles. The second-order valence-corrected chi connectivity index (χ2v) is 11.8. The van der Waals surface area contributed by atoms with Gasteiger partial charge >= 0.3 is 0 Å². The number of aryl methyl sites for hydroxylation is 1. The summed E-state index contributed by atoms with van der Waals surface area (Å²) >= 11 is 1.47. The molecule has 1 fully saturated rings. The van der Waals surface area contributed by atoms with Gasteiger partial charge in [0.1, 0.15) is 0 Å². The Kier molecular flexibility index (Phi) is 8.06. The van der Waals surface area contributed by atoms with Gasteiger partial charge in [-0.1, -0.05) is 31.0 Å². The minimum absolute atomic E-state index is 0.139. The molecule has 9 heteroatoms. The molecule has 0 radical (unpaired) electrons. The minimum Gasteiger partial charge on any atom is -0.325 e. The highest BCUT2D eigenvalue weighted by atomic mass is 32.2. The first-order valence-electron chi connectivity index (χ1n) is 11.2. The van der Waals surface area contributed by atoms with Gasteiger partial charge in [0.25, 0.3) is 0 Å². The summed E-state index contributed by atoms with van der Waals surface area (Å²) in [5.41, 5.74) is 2.75. The molecular formula is C23H34N4O3S2. The zero-order chi connectivity index (χ0) is 23.5. The average Bonchev–Trinajstić information content (AvgIpc) is 3.01. The first kappa shape index (κ1) is 24.8. The highest BCUT2D eigenvalue weighted by molar-refractivity contribution is 8.00.